The van der Waals surface area contributed by atoms with Gasteiger partial charge in [-0.25, -0.2) is 0 Å². The van der Waals surface area contributed by atoms with E-state index in [-0.39, 0.29) is 12.5 Å². The first-order valence-corrected chi connectivity index (χ1v) is 9.96. The average molecular weight is 350 g/mol. The predicted molar refractivity (Wildman–Crippen MR) is 99.4 cm³/mol. The highest BCUT2D eigenvalue weighted by Crippen LogP contribution is 2.47. The molecular formula is C21H34O4. The molecule has 4 nitrogen and oxygen atoms in total. The number of carboxylic acid groups (broad SMARTS) is 1. The third-order valence-electron chi connectivity index (χ3n) is 5.58. The number of unbranched alkanes of at least 4 members (excludes halogenated alkanes) is 3. The number of aliphatic hydroxyl groups is 1. The number of allylic oxidation sites excluding steroid dienone is 2. The molecule has 2 N–H and O–H groups in total. The number of aliphatic carboxylic acids is 1. The third-order valence-corrected chi connectivity index (χ3v) is 5.58. The second-order valence-corrected chi connectivity index (χ2v) is 7.55. The quantitative estimate of drug-likeness (QED) is 0.406. The van der Waals surface area contributed by atoms with Gasteiger partial charge < -0.3 is 14.9 Å². The summed E-state index contributed by atoms with van der Waals surface area (Å²) in [6.07, 6.45) is 16.7. The van der Waals surface area contributed by atoms with Gasteiger partial charge in [-0.05, 0) is 43.9 Å². The molecule has 0 amide bonds. The van der Waals surface area contributed by atoms with Crippen molar-refractivity contribution in [2.24, 2.45) is 17.8 Å². The normalized spacial score (nSPS) is 29.8. The van der Waals surface area contributed by atoms with Gasteiger partial charge in [0.2, 0.25) is 0 Å². The van der Waals surface area contributed by atoms with Crippen LogP contribution < -0.4 is 0 Å². The lowest BCUT2D eigenvalue weighted by molar-refractivity contribution is -0.137. The molecule has 1 saturated heterocycles. The van der Waals surface area contributed by atoms with E-state index in [1.165, 1.54) is 12.8 Å². The molecule has 1 saturated carbocycles. The summed E-state index contributed by atoms with van der Waals surface area (Å²) in [5.41, 5.74) is 0. The summed E-state index contributed by atoms with van der Waals surface area (Å²) in [4.78, 5) is 10.5. The SMILES string of the molecule is CCCCC[C@H](O)/C=C\[C@@H]1[C@@H](C/C=C/CCCC(=O)O)[C@H]2CO[C@@H]1C2. The van der Waals surface area contributed by atoms with Crippen LogP contribution >= 0.6 is 0 Å². The first-order chi connectivity index (χ1) is 12.1. The Balaban J connectivity index is 1.78. The largest absolute Gasteiger partial charge is 0.481 e. The highest BCUT2D eigenvalue weighted by atomic mass is 16.5. The summed E-state index contributed by atoms with van der Waals surface area (Å²) >= 11 is 0. The van der Waals surface area contributed by atoms with E-state index in [2.05, 4.69) is 25.2 Å². The highest BCUT2D eigenvalue weighted by Gasteiger charge is 2.46. The van der Waals surface area contributed by atoms with Gasteiger partial charge in [0.1, 0.15) is 0 Å². The number of hydrogen-bond acceptors (Lipinski definition) is 3. The molecule has 1 aliphatic carbocycles. The van der Waals surface area contributed by atoms with Gasteiger partial charge in [0.05, 0.1) is 18.8 Å². The van der Waals surface area contributed by atoms with E-state index in [0.29, 0.717) is 30.3 Å². The summed E-state index contributed by atoms with van der Waals surface area (Å²) in [7, 11) is 0. The number of fused-ring (bicyclic) bond motifs is 2. The van der Waals surface area contributed by atoms with Crippen molar-refractivity contribution in [2.75, 3.05) is 6.61 Å². The topological polar surface area (TPSA) is 66.8 Å². The fourth-order valence-electron chi connectivity index (χ4n) is 4.15. The van der Waals surface area contributed by atoms with Crippen molar-refractivity contribution >= 4 is 5.97 Å². The minimum atomic E-state index is -0.721. The van der Waals surface area contributed by atoms with Crippen LogP contribution in [0.2, 0.25) is 0 Å². The standard InChI is InChI=1S/C21H34O4/c1-2-3-6-9-17(22)12-13-19-18(16-14-20(19)25-15-16)10-7-4-5-8-11-21(23)24/h4,7,12-13,16-20,22H,2-3,5-6,8-11,14-15H2,1H3,(H,23,24)/b7-4+,13-12-/t16-,17+,18+,19-,20-/m1/s1. The zero-order valence-corrected chi connectivity index (χ0v) is 15.5. The summed E-state index contributed by atoms with van der Waals surface area (Å²) in [6, 6.07) is 0. The van der Waals surface area contributed by atoms with E-state index in [9.17, 15) is 9.90 Å². The van der Waals surface area contributed by atoms with Crippen molar-refractivity contribution in [3.8, 4) is 0 Å². The molecule has 0 spiro atoms. The molecule has 0 radical (unpaired) electrons. The molecular weight excluding hydrogens is 316 g/mol. The van der Waals surface area contributed by atoms with E-state index in [4.69, 9.17) is 9.84 Å². The molecule has 0 unspecified atom stereocenters. The molecule has 5 atom stereocenters. The predicted octanol–water partition coefficient (Wildman–Crippen LogP) is 4.34. The third kappa shape index (κ3) is 6.59. The molecule has 2 rings (SSSR count). The summed E-state index contributed by atoms with van der Waals surface area (Å²) in [6.45, 7) is 3.04. The lowest BCUT2D eigenvalue weighted by Gasteiger charge is -2.28. The molecule has 2 fully saturated rings. The van der Waals surface area contributed by atoms with Crippen molar-refractivity contribution in [2.45, 2.75) is 76.9 Å². The first kappa shape index (κ1) is 20.2. The highest BCUT2D eigenvalue weighted by molar-refractivity contribution is 5.66. The van der Waals surface area contributed by atoms with Crippen LogP contribution in [0, 0.1) is 17.8 Å². The van der Waals surface area contributed by atoms with E-state index < -0.39 is 5.97 Å². The minimum absolute atomic E-state index is 0.244. The second-order valence-electron chi connectivity index (χ2n) is 7.55. The van der Waals surface area contributed by atoms with E-state index in [1.807, 2.05) is 6.08 Å². The lowest BCUT2D eigenvalue weighted by Crippen LogP contribution is -2.27. The fourth-order valence-corrected chi connectivity index (χ4v) is 4.15. The van der Waals surface area contributed by atoms with Gasteiger partial charge >= 0.3 is 5.97 Å². The Hall–Kier alpha value is -1.13. The maximum atomic E-state index is 10.5. The van der Waals surface area contributed by atoms with Crippen LogP contribution in [0.15, 0.2) is 24.3 Å². The van der Waals surface area contributed by atoms with Gasteiger partial charge in [-0.3, -0.25) is 4.79 Å². The number of carbonyl (C=O) groups is 1. The first-order valence-electron chi connectivity index (χ1n) is 9.96. The van der Waals surface area contributed by atoms with Gasteiger partial charge in [0.15, 0.2) is 0 Å². The van der Waals surface area contributed by atoms with Crippen molar-refractivity contribution < 1.29 is 19.7 Å². The van der Waals surface area contributed by atoms with E-state index >= 15 is 0 Å². The van der Waals surface area contributed by atoms with Gasteiger partial charge in [0, 0.05) is 12.3 Å². The molecule has 0 aromatic carbocycles. The van der Waals surface area contributed by atoms with E-state index in [1.54, 1.807) is 0 Å². The van der Waals surface area contributed by atoms with Crippen LogP contribution in [0.4, 0.5) is 0 Å². The molecule has 0 aromatic rings. The second kappa shape index (κ2) is 10.8. The number of hydrogen-bond donors (Lipinski definition) is 2. The molecule has 2 aliphatic rings. The molecule has 142 valence electrons. The Morgan fingerprint density at radius 3 is 2.88 bits per heavy atom. The Bertz CT molecular complexity index is 457. The monoisotopic (exact) mass is 350 g/mol. The molecule has 0 aromatic heterocycles. The minimum Gasteiger partial charge on any atom is -0.481 e. The number of ether oxygens (including phenoxy) is 1. The Labute approximate surface area is 152 Å². The van der Waals surface area contributed by atoms with Gasteiger partial charge in [-0.1, -0.05) is 50.5 Å². The van der Waals surface area contributed by atoms with Crippen molar-refractivity contribution in [1.82, 2.24) is 0 Å². The van der Waals surface area contributed by atoms with E-state index in [0.717, 1.165) is 38.7 Å². The van der Waals surface area contributed by atoms with Gasteiger partial charge in [-0.15, -0.1) is 0 Å². The smallest absolute Gasteiger partial charge is 0.303 e. The maximum absolute atomic E-state index is 10.5. The molecule has 25 heavy (non-hydrogen) atoms. The van der Waals surface area contributed by atoms with Crippen LogP contribution in [0.3, 0.4) is 0 Å². The van der Waals surface area contributed by atoms with Crippen LogP contribution in [-0.2, 0) is 9.53 Å². The summed E-state index contributed by atoms with van der Waals surface area (Å²) in [5.74, 6) is 0.902. The summed E-state index contributed by atoms with van der Waals surface area (Å²) in [5, 5.41) is 18.8. The van der Waals surface area contributed by atoms with Crippen LogP contribution in [-0.4, -0.2) is 35.0 Å². The fraction of sp³-hybridized carbons (Fsp3) is 0.762. The van der Waals surface area contributed by atoms with Crippen molar-refractivity contribution in [3.63, 3.8) is 0 Å². The average Bonchev–Trinajstić information content (AvgIpc) is 3.17. The number of rotatable bonds is 12. The molecule has 4 heteroatoms. The maximum Gasteiger partial charge on any atom is 0.303 e. The molecule has 1 heterocycles. The van der Waals surface area contributed by atoms with Crippen LogP contribution in [0.25, 0.3) is 0 Å². The number of aliphatic hydroxyl groups excluding tert-OH is 1. The Kier molecular flexibility index (Phi) is 8.70. The van der Waals surface area contributed by atoms with Gasteiger partial charge in [0.25, 0.3) is 0 Å². The molecule has 2 bridgehead atoms. The molecule has 1 aliphatic heterocycles. The Morgan fingerprint density at radius 1 is 1.28 bits per heavy atom. The zero-order valence-electron chi connectivity index (χ0n) is 15.5. The lowest BCUT2D eigenvalue weighted by atomic mass is 9.84. The number of carboxylic acids is 1. The van der Waals surface area contributed by atoms with Gasteiger partial charge in [-0.2, -0.15) is 0 Å². The van der Waals surface area contributed by atoms with Crippen LogP contribution in [0.1, 0.15) is 64.7 Å². The summed E-state index contributed by atoms with van der Waals surface area (Å²) < 4.78 is 5.87. The van der Waals surface area contributed by atoms with Crippen LogP contribution in [0.5, 0.6) is 0 Å². The van der Waals surface area contributed by atoms with Crippen molar-refractivity contribution in [3.05, 3.63) is 24.3 Å². The van der Waals surface area contributed by atoms with Crippen molar-refractivity contribution in [1.29, 1.82) is 0 Å². The Morgan fingerprint density at radius 2 is 2.12 bits per heavy atom. The zero-order chi connectivity index (χ0) is 18.1.